The molecule has 0 aliphatic heterocycles. The number of benzene rings is 1. The van der Waals surface area contributed by atoms with Gasteiger partial charge in [-0.3, -0.25) is 4.79 Å². The van der Waals surface area contributed by atoms with Gasteiger partial charge in [-0.05, 0) is 12.1 Å². The number of H-pyrrole nitrogens is 1. The van der Waals surface area contributed by atoms with Crippen LogP contribution >= 0.6 is 0 Å². The van der Waals surface area contributed by atoms with E-state index >= 15 is 0 Å². The molecular weight excluding hydrogens is 204 g/mol. The topological polar surface area (TPSA) is 42.1 Å². The number of aromatic amines is 1. The molecule has 0 atom stereocenters. The van der Waals surface area contributed by atoms with Crippen LogP contribution in [0.4, 0.5) is 8.78 Å². The molecule has 5 heteroatoms. The molecule has 1 aromatic heterocycles. The van der Waals surface area contributed by atoms with Crippen molar-refractivity contribution in [1.29, 1.82) is 0 Å². The Kier molecular flexibility index (Phi) is 2.15. The quantitative estimate of drug-likeness (QED) is 0.781. The van der Waals surface area contributed by atoms with E-state index in [-0.39, 0.29) is 10.9 Å². The van der Waals surface area contributed by atoms with E-state index in [0.29, 0.717) is 0 Å². The Balaban J connectivity index is 2.97. The van der Waals surface area contributed by atoms with E-state index in [1.54, 1.807) is 0 Å². The third kappa shape index (κ3) is 1.36. The van der Waals surface area contributed by atoms with Crippen LogP contribution < -0.4 is 10.3 Å². The molecule has 0 bridgehead atoms. The van der Waals surface area contributed by atoms with Gasteiger partial charge in [0, 0.05) is 5.39 Å². The van der Waals surface area contributed by atoms with Crippen LogP contribution in [0.5, 0.6) is 5.75 Å². The zero-order chi connectivity index (χ0) is 11.0. The highest BCUT2D eigenvalue weighted by Crippen LogP contribution is 2.22. The number of aromatic nitrogens is 1. The van der Waals surface area contributed by atoms with Crippen LogP contribution in [0.15, 0.2) is 23.0 Å². The lowest BCUT2D eigenvalue weighted by Gasteiger charge is -2.04. The summed E-state index contributed by atoms with van der Waals surface area (Å²) in [5.41, 5.74) is -0.937. The van der Waals surface area contributed by atoms with Crippen molar-refractivity contribution in [3.05, 3.63) is 40.2 Å². The van der Waals surface area contributed by atoms with Crippen LogP contribution in [0.1, 0.15) is 0 Å². The van der Waals surface area contributed by atoms with E-state index in [1.807, 2.05) is 0 Å². The van der Waals surface area contributed by atoms with E-state index in [4.69, 9.17) is 0 Å². The largest absolute Gasteiger partial charge is 0.489 e. The fourth-order valence-corrected chi connectivity index (χ4v) is 1.41. The third-order valence-corrected chi connectivity index (χ3v) is 2.10. The van der Waals surface area contributed by atoms with Gasteiger partial charge in [0.2, 0.25) is 5.75 Å². The summed E-state index contributed by atoms with van der Waals surface area (Å²) >= 11 is 0. The summed E-state index contributed by atoms with van der Waals surface area (Å²) in [6, 6.07) is 3.87. The first-order valence-corrected chi connectivity index (χ1v) is 4.19. The minimum absolute atomic E-state index is 0.00792. The number of rotatable bonds is 1. The van der Waals surface area contributed by atoms with Crippen molar-refractivity contribution >= 4 is 10.9 Å². The maximum atomic E-state index is 13.6. The van der Waals surface area contributed by atoms with E-state index in [2.05, 4.69) is 9.72 Å². The number of hydrogen-bond acceptors (Lipinski definition) is 2. The summed E-state index contributed by atoms with van der Waals surface area (Å²) in [6.07, 6.45) is 0. The molecule has 3 nitrogen and oxygen atoms in total. The molecule has 0 saturated heterocycles. The summed E-state index contributed by atoms with van der Waals surface area (Å²) in [6.45, 7) is 0. The minimum atomic E-state index is -0.851. The van der Waals surface area contributed by atoms with Gasteiger partial charge in [0.25, 0.3) is 5.56 Å². The first-order valence-electron chi connectivity index (χ1n) is 4.19. The van der Waals surface area contributed by atoms with E-state index < -0.39 is 22.9 Å². The molecule has 0 saturated carbocycles. The highest BCUT2D eigenvalue weighted by atomic mass is 19.1. The Bertz CT molecular complexity index is 577. The van der Waals surface area contributed by atoms with Gasteiger partial charge < -0.3 is 9.72 Å². The van der Waals surface area contributed by atoms with Gasteiger partial charge in [0.1, 0.15) is 5.82 Å². The van der Waals surface area contributed by atoms with Crippen LogP contribution in [0.3, 0.4) is 0 Å². The molecule has 78 valence electrons. The van der Waals surface area contributed by atoms with Crippen molar-refractivity contribution in [2.45, 2.75) is 0 Å². The summed E-state index contributed by atoms with van der Waals surface area (Å²) < 4.78 is 31.4. The average Bonchev–Trinajstić information content (AvgIpc) is 2.20. The molecule has 15 heavy (non-hydrogen) atoms. The number of hydrogen-bond donors (Lipinski definition) is 1. The molecule has 0 aliphatic carbocycles. The fraction of sp³-hybridized carbons (Fsp3) is 0.100. The van der Waals surface area contributed by atoms with Crippen molar-refractivity contribution < 1.29 is 13.5 Å². The van der Waals surface area contributed by atoms with Crippen LogP contribution in [0.2, 0.25) is 0 Å². The summed E-state index contributed by atoms with van der Waals surface area (Å²) in [5, 5.41) is -0.00792. The van der Waals surface area contributed by atoms with Gasteiger partial charge in [-0.25, -0.2) is 8.78 Å². The highest BCUT2D eigenvalue weighted by molar-refractivity contribution is 5.80. The summed E-state index contributed by atoms with van der Waals surface area (Å²) in [7, 11) is 1.18. The molecule has 0 spiro atoms. The number of methoxy groups -OCH3 is 1. The van der Waals surface area contributed by atoms with Gasteiger partial charge in [-0.1, -0.05) is 6.07 Å². The van der Waals surface area contributed by atoms with Crippen molar-refractivity contribution in [2.24, 2.45) is 0 Å². The van der Waals surface area contributed by atoms with Crippen molar-refractivity contribution in [3.63, 3.8) is 0 Å². The molecular formula is C10H7F2NO2. The van der Waals surface area contributed by atoms with Crippen LogP contribution in [-0.2, 0) is 0 Å². The third-order valence-electron chi connectivity index (χ3n) is 2.10. The molecule has 0 radical (unpaired) electrons. The second kappa shape index (κ2) is 3.34. The van der Waals surface area contributed by atoms with Gasteiger partial charge in [0.05, 0.1) is 12.6 Å². The number of pyridine rings is 1. The predicted molar refractivity (Wildman–Crippen MR) is 51.0 cm³/mol. The SMILES string of the molecule is COc1c(F)c2cccc(F)c2[nH]c1=O. The van der Waals surface area contributed by atoms with Gasteiger partial charge in [0.15, 0.2) is 5.82 Å². The average molecular weight is 211 g/mol. The maximum Gasteiger partial charge on any atom is 0.293 e. The zero-order valence-electron chi connectivity index (χ0n) is 7.80. The molecule has 2 aromatic rings. The smallest absolute Gasteiger partial charge is 0.293 e. The molecule has 0 aliphatic rings. The Morgan fingerprint density at radius 3 is 2.73 bits per heavy atom. The molecule has 1 aromatic carbocycles. The lowest BCUT2D eigenvalue weighted by molar-refractivity contribution is 0.382. The number of halogens is 2. The Morgan fingerprint density at radius 1 is 1.33 bits per heavy atom. The number of ether oxygens (including phenoxy) is 1. The van der Waals surface area contributed by atoms with Gasteiger partial charge in [-0.15, -0.1) is 0 Å². The summed E-state index contributed by atoms with van der Waals surface area (Å²) in [4.78, 5) is 13.5. The van der Waals surface area contributed by atoms with Crippen molar-refractivity contribution in [2.75, 3.05) is 7.11 Å². The molecule has 0 unspecified atom stereocenters. The number of para-hydroxylation sites is 1. The predicted octanol–water partition coefficient (Wildman–Crippen LogP) is 1.81. The normalized spacial score (nSPS) is 10.6. The molecule has 0 fully saturated rings. The van der Waals surface area contributed by atoms with Crippen molar-refractivity contribution in [1.82, 2.24) is 4.98 Å². The first kappa shape index (κ1) is 9.64. The Labute approximate surface area is 83.3 Å². The number of nitrogens with one attached hydrogen (secondary N) is 1. The van der Waals surface area contributed by atoms with E-state index in [9.17, 15) is 13.6 Å². The van der Waals surface area contributed by atoms with E-state index in [1.165, 1.54) is 19.2 Å². The van der Waals surface area contributed by atoms with E-state index in [0.717, 1.165) is 6.07 Å². The molecule has 2 rings (SSSR count). The summed E-state index contributed by atoms with van der Waals surface area (Å²) in [5.74, 6) is -1.96. The molecule has 1 heterocycles. The minimum Gasteiger partial charge on any atom is -0.489 e. The highest BCUT2D eigenvalue weighted by Gasteiger charge is 2.14. The molecule has 1 N–H and O–H groups in total. The lowest BCUT2D eigenvalue weighted by Crippen LogP contribution is -2.12. The second-order valence-corrected chi connectivity index (χ2v) is 2.96. The molecule has 0 amide bonds. The first-order chi connectivity index (χ1) is 7.15. The van der Waals surface area contributed by atoms with Crippen LogP contribution in [0, 0.1) is 11.6 Å². The van der Waals surface area contributed by atoms with Crippen LogP contribution in [-0.4, -0.2) is 12.1 Å². The zero-order valence-corrected chi connectivity index (χ0v) is 7.80. The van der Waals surface area contributed by atoms with Crippen LogP contribution in [0.25, 0.3) is 10.9 Å². The number of fused-ring (bicyclic) bond motifs is 1. The maximum absolute atomic E-state index is 13.6. The second-order valence-electron chi connectivity index (χ2n) is 2.96. The van der Waals surface area contributed by atoms with Crippen molar-refractivity contribution in [3.8, 4) is 5.75 Å². The Morgan fingerprint density at radius 2 is 2.07 bits per heavy atom. The van der Waals surface area contributed by atoms with Gasteiger partial charge in [-0.2, -0.15) is 0 Å². The monoisotopic (exact) mass is 211 g/mol. The van der Waals surface area contributed by atoms with Gasteiger partial charge >= 0.3 is 0 Å². The Hall–Kier alpha value is -1.91. The lowest BCUT2D eigenvalue weighted by atomic mass is 10.2. The fourth-order valence-electron chi connectivity index (χ4n) is 1.41. The standard InChI is InChI=1S/C10H7F2NO2/c1-15-9-7(12)5-3-2-4-6(11)8(5)13-10(9)14/h2-4H,1H3,(H,13,14).